The van der Waals surface area contributed by atoms with Gasteiger partial charge in [-0.05, 0) is 31.7 Å². The Labute approximate surface area is 117 Å². The van der Waals surface area contributed by atoms with Gasteiger partial charge >= 0.3 is 0 Å². The molecule has 0 bridgehead atoms. The molecule has 19 heavy (non-hydrogen) atoms. The van der Waals surface area contributed by atoms with Crippen LogP contribution in [0.5, 0.6) is 0 Å². The van der Waals surface area contributed by atoms with Crippen molar-refractivity contribution in [1.82, 2.24) is 9.97 Å². The highest BCUT2D eigenvalue weighted by atomic mass is 15.0. The Morgan fingerprint density at radius 2 is 2.00 bits per heavy atom. The highest BCUT2D eigenvalue weighted by molar-refractivity contribution is 5.36. The Morgan fingerprint density at radius 1 is 1.32 bits per heavy atom. The van der Waals surface area contributed by atoms with Crippen LogP contribution in [-0.2, 0) is 0 Å². The third kappa shape index (κ3) is 5.55. The summed E-state index contributed by atoms with van der Waals surface area (Å²) in [7, 11) is 0. The first-order chi connectivity index (χ1) is 8.84. The van der Waals surface area contributed by atoms with Crippen molar-refractivity contribution >= 4 is 5.82 Å². The average molecular weight is 264 g/mol. The van der Waals surface area contributed by atoms with E-state index in [-0.39, 0.29) is 5.41 Å². The van der Waals surface area contributed by atoms with Crippen LogP contribution in [0.15, 0.2) is 6.07 Å². The molecule has 4 heteroatoms. The number of nitrogens with two attached hydrogens (primary N) is 1. The summed E-state index contributed by atoms with van der Waals surface area (Å²) in [6.45, 7) is 12.4. The molecule has 0 aliphatic rings. The minimum Gasteiger partial charge on any atom is -0.369 e. The van der Waals surface area contributed by atoms with Crippen LogP contribution in [0.25, 0.3) is 0 Å². The summed E-state index contributed by atoms with van der Waals surface area (Å²) in [5, 5.41) is 3.44. The summed E-state index contributed by atoms with van der Waals surface area (Å²) in [6, 6.07) is 2.00. The fourth-order valence-corrected chi connectivity index (χ4v) is 1.94. The van der Waals surface area contributed by atoms with E-state index >= 15 is 0 Å². The maximum absolute atomic E-state index is 5.57. The van der Waals surface area contributed by atoms with Crippen LogP contribution in [-0.4, -0.2) is 23.1 Å². The van der Waals surface area contributed by atoms with Crippen molar-refractivity contribution in [1.29, 1.82) is 0 Å². The van der Waals surface area contributed by atoms with Gasteiger partial charge in [-0.15, -0.1) is 0 Å². The molecular formula is C15H28N4. The molecule has 0 fully saturated rings. The number of hydrogen-bond acceptors (Lipinski definition) is 4. The Bertz CT molecular complexity index is 399. The summed E-state index contributed by atoms with van der Waals surface area (Å²) in [5.41, 5.74) is 6.82. The number of rotatable bonds is 7. The molecule has 108 valence electrons. The molecule has 1 heterocycles. The van der Waals surface area contributed by atoms with Crippen molar-refractivity contribution in [2.24, 2.45) is 11.1 Å². The lowest BCUT2D eigenvalue weighted by Crippen LogP contribution is -2.24. The lowest BCUT2D eigenvalue weighted by atomic mass is 9.88. The second-order valence-corrected chi connectivity index (χ2v) is 6.32. The molecule has 1 rings (SSSR count). The molecule has 4 nitrogen and oxygen atoms in total. The predicted octanol–water partition coefficient (Wildman–Crippen LogP) is 3.09. The zero-order valence-corrected chi connectivity index (χ0v) is 13.0. The molecule has 0 aliphatic carbocycles. The third-order valence-electron chi connectivity index (χ3n) is 3.19. The van der Waals surface area contributed by atoms with E-state index in [0.29, 0.717) is 5.92 Å². The smallest absolute Gasteiger partial charge is 0.133 e. The maximum atomic E-state index is 5.57. The van der Waals surface area contributed by atoms with Gasteiger partial charge in [0, 0.05) is 24.2 Å². The van der Waals surface area contributed by atoms with E-state index in [9.17, 15) is 0 Å². The zero-order chi connectivity index (χ0) is 14.5. The van der Waals surface area contributed by atoms with Crippen LogP contribution in [0, 0.1) is 12.3 Å². The second-order valence-electron chi connectivity index (χ2n) is 6.32. The molecule has 0 aliphatic heterocycles. The lowest BCUT2D eigenvalue weighted by Gasteiger charge is -2.25. The van der Waals surface area contributed by atoms with Crippen LogP contribution in [0.2, 0.25) is 0 Å². The molecule has 0 saturated heterocycles. The standard InChI is InChI=1S/C15H28N4/c1-11(2)14-18-12(3)9-13(19-14)17-10-15(4,5)7-6-8-16/h9,11H,6-8,10,16H2,1-5H3,(H,17,18,19). The lowest BCUT2D eigenvalue weighted by molar-refractivity contribution is 0.350. The molecule has 1 aromatic heterocycles. The van der Waals surface area contributed by atoms with E-state index < -0.39 is 0 Å². The molecule has 0 unspecified atom stereocenters. The molecule has 0 atom stereocenters. The van der Waals surface area contributed by atoms with Crippen LogP contribution in [0.4, 0.5) is 5.82 Å². The number of nitrogens with zero attached hydrogens (tertiary/aromatic N) is 2. The maximum Gasteiger partial charge on any atom is 0.133 e. The van der Waals surface area contributed by atoms with Gasteiger partial charge in [-0.25, -0.2) is 9.97 Å². The van der Waals surface area contributed by atoms with E-state index in [1.165, 1.54) is 0 Å². The van der Waals surface area contributed by atoms with Gasteiger partial charge in [0.1, 0.15) is 11.6 Å². The largest absolute Gasteiger partial charge is 0.369 e. The fraction of sp³-hybridized carbons (Fsp3) is 0.733. The van der Waals surface area contributed by atoms with Gasteiger partial charge in [-0.2, -0.15) is 0 Å². The number of nitrogens with one attached hydrogen (secondary N) is 1. The number of aromatic nitrogens is 2. The van der Waals surface area contributed by atoms with Crippen LogP contribution in [0.3, 0.4) is 0 Å². The van der Waals surface area contributed by atoms with Gasteiger partial charge < -0.3 is 11.1 Å². The number of hydrogen-bond donors (Lipinski definition) is 2. The highest BCUT2D eigenvalue weighted by Crippen LogP contribution is 2.23. The van der Waals surface area contributed by atoms with Crippen LogP contribution < -0.4 is 11.1 Å². The monoisotopic (exact) mass is 264 g/mol. The van der Waals surface area contributed by atoms with E-state index in [2.05, 4.69) is 43.0 Å². The molecule has 3 N–H and O–H groups in total. The molecule has 1 aromatic rings. The molecule has 0 saturated carbocycles. The van der Waals surface area contributed by atoms with Crippen molar-refractivity contribution in [2.45, 2.75) is 53.4 Å². The van der Waals surface area contributed by atoms with Gasteiger partial charge in [0.25, 0.3) is 0 Å². The van der Waals surface area contributed by atoms with Gasteiger partial charge in [-0.3, -0.25) is 0 Å². The van der Waals surface area contributed by atoms with Gasteiger partial charge in [0.2, 0.25) is 0 Å². The van der Waals surface area contributed by atoms with Gasteiger partial charge in [0.15, 0.2) is 0 Å². The van der Waals surface area contributed by atoms with E-state index in [4.69, 9.17) is 5.73 Å². The zero-order valence-electron chi connectivity index (χ0n) is 13.0. The fourth-order valence-electron chi connectivity index (χ4n) is 1.94. The minimum absolute atomic E-state index is 0.232. The average Bonchev–Trinajstić information content (AvgIpc) is 2.33. The summed E-state index contributed by atoms with van der Waals surface area (Å²) in [6.07, 6.45) is 2.19. The topological polar surface area (TPSA) is 63.8 Å². The Hall–Kier alpha value is -1.16. The van der Waals surface area contributed by atoms with Crippen molar-refractivity contribution in [3.8, 4) is 0 Å². The molecule has 0 spiro atoms. The normalized spacial score (nSPS) is 11.9. The highest BCUT2D eigenvalue weighted by Gasteiger charge is 2.17. The number of aryl methyl sites for hydroxylation is 1. The molecule has 0 aromatic carbocycles. The summed E-state index contributed by atoms with van der Waals surface area (Å²) in [4.78, 5) is 9.03. The Balaban J connectivity index is 2.67. The first kappa shape index (κ1) is 15.9. The van der Waals surface area contributed by atoms with Crippen molar-refractivity contribution in [2.75, 3.05) is 18.4 Å². The Morgan fingerprint density at radius 3 is 2.58 bits per heavy atom. The van der Waals surface area contributed by atoms with E-state index in [1.807, 2.05) is 13.0 Å². The van der Waals surface area contributed by atoms with E-state index in [1.54, 1.807) is 0 Å². The summed E-state index contributed by atoms with van der Waals surface area (Å²) in [5.74, 6) is 2.19. The Kier molecular flexibility index (Phi) is 5.73. The number of anilines is 1. The first-order valence-electron chi connectivity index (χ1n) is 7.13. The second kappa shape index (κ2) is 6.85. The van der Waals surface area contributed by atoms with Crippen molar-refractivity contribution in [3.63, 3.8) is 0 Å². The molecule has 0 radical (unpaired) electrons. The first-order valence-corrected chi connectivity index (χ1v) is 7.13. The molecule has 0 amide bonds. The van der Waals surface area contributed by atoms with Gasteiger partial charge in [0.05, 0.1) is 0 Å². The summed E-state index contributed by atoms with van der Waals surface area (Å²) >= 11 is 0. The summed E-state index contributed by atoms with van der Waals surface area (Å²) < 4.78 is 0. The van der Waals surface area contributed by atoms with Gasteiger partial charge in [-0.1, -0.05) is 27.7 Å². The van der Waals surface area contributed by atoms with Crippen LogP contribution >= 0.6 is 0 Å². The predicted molar refractivity (Wildman–Crippen MR) is 81.4 cm³/mol. The van der Waals surface area contributed by atoms with Crippen molar-refractivity contribution in [3.05, 3.63) is 17.6 Å². The third-order valence-corrected chi connectivity index (χ3v) is 3.19. The molecular weight excluding hydrogens is 236 g/mol. The van der Waals surface area contributed by atoms with E-state index in [0.717, 1.165) is 43.3 Å². The minimum atomic E-state index is 0.232. The SMILES string of the molecule is Cc1cc(NCC(C)(C)CCCN)nc(C(C)C)n1. The van der Waals surface area contributed by atoms with Crippen molar-refractivity contribution < 1.29 is 0 Å². The quantitative estimate of drug-likeness (QED) is 0.794. The van der Waals surface area contributed by atoms with Crippen LogP contribution in [0.1, 0.15) is 58.0 Å².